The van der Waals surface area contributed by atoms with E-state index in [0.29, 0.717) is 26.4 Å². The number of hydrogen-bond acceptors (Lipinski definition) is 3. The molecule has 0 aliphatic carbocycles. The Labute approximate surface area is 185 Å². The van der Waals surface area contributed by atoms with E-state index in [-0.39, 0.29) is 0 Å². The zero-order chi connectivity index (χ0) is 21.9. The number of aryl methyl sites for hydroxylation is 1. The van der Waals surface area contributed by atoms with Crippen molar-refractivity contribution in [2.75, 3.05) is 33.4 Å². The quantitative estimate of drug-likeness (QED) is 0.444. The molecule has 0 saturated carbocycles. The number of ether oxygens (including phenoxy) is 2. The lowest BCUT2D eigenvalue weighted by molar-refractivity contribution is -0.917. The summed E-state index contributed by atoms with van der Waals surface area (Å²) in [6, 6.07) is 22.8. The van der Waals surface area contributed by atoms with Crippen molar-refractivity contribution in [3.8, 4) is 0 Å². The van der Waals surface area contributed by atoms with E-state index < -0.39 is 6.10 Å². The number of methoxy groups -OCH3 is 1. The average Bonchev–Trinajstić information content (AvgIpc) is 3.21. The maximum atomic E-state index is 10.6. The Morgan fingerprint density at radius 2 is 1.77 bits per heavy atom. The highest BCUT2D eigenvalue weighted by atomic mass is 16.5. The second-order valence-corrected chi connectivity index (χ2v) is 8.08. The first-order valence-corrected chi connectivity index (χ1v) is 11.0. The molecule has 5 heteroatoms. The number of benzene rings is 2. The standard InChI is InChI=1S/C26H34N2O3/c1-22-9-6-7-12-24(22)17-28-14-8-13-25(28)18-27(15-16-30-2)19-26(29)21-31-20-23-10-4-3-5-11-23/h3-14,26,29H,15-21H2,1-2H3/p+1/t26-/m1/s1. The molecular formula is C26H35N2O3+. The summed E-state index contributed by atoms with van der Waals surface area (Å²) in [7, 11) is 1.72. The number of nitrogens with one attached hydrogen (secondary N) is 1. The monoisotopic (exact) mass is 423 g/mol. The van der Waals surface area contributed by atoms with Crippen LogP contribution < -0.4 is 4.90 Å². The van der Waals surface area contributed by atoms with Crippen LogP contribution in [0.5, 0.6) is 0 Å². The minimum atomic E-state index is -0.518. The van der Waals surface area contributed by atoms with Gasteiger partial charge in [0.1, 0.15) is 25.7 Å². The molecule has 3 aromatic rings. The molecule has 0 aliphatic heterocycles. The van der Waals surface area contributed by atoms with E-state index >= 15 is 0 Å². The molecule has 166 valence electrons. The molecule has 1 heterocycles. The van der Waals surface area contributed by atoms with Crippen molar-refractivity contribution in [1.29, 1.82) is 0 Å². The summed E-state index contributed by atoms with van der Waals surface area (Å²) in [5.41, 5.74) is 5.00. The number of quaternary nitrogens is 1. The van der Waals surface area contributed by atoms with E-state index in [1.807, 2.05) is 30.3 Å². The van der Waals surface area contributed by atoms with Crippen molar-refractivity contribution in [3.05, 3.63) is 95.3 Å². The molecule has 0 saturated heterocycles. The van der Waals surface area contributed by atoms with Crippen LogP contribution in [-0.2, 0) is 29.2 Å². The predicted molar refractivity (Wildman–Crippen MR) is 123 cm³/mol. The molecule has 1 unspecified atom stereocenters. The molecule has 3 rings (SSSR count). The summed E-state index contributed by atoms with van der Waals surface area (Å²) in [6.45, 7) is 6.80. The lowest BCUT2D eigenvalue weighted by atomic mass is 10.1. The van der Waals surface area contributed by atoms with Crippen LogP contribution >= 0.6 is 0 Å². The number of aliphatic hydroxyl groups excluding tert-OH is 1. The predicted octanol–water partition coefficient (Wildman–Crippen LogP) is 2.45. The molecule has 0 amide bonds. The van der Waals surface area contributed by atoms with Gasteiger partial charge in [-0.05, 0) is 35.7 Å². The summed E-state index contributed by atoms with van der Waals surface area (Å²) in [6.07, 6.45) is 1.62. The third kappa shape index (κ3) is 7.64. The maximum Gasteiger partial charge on any atom is 0.126 e. The second kappa shape index (κ2) is 12.4. The summed E-state index contributed by atoms with van der Waals surface area (Å²) < 4.78 is 13.4. The molecule has 0 fully saturated rings. The maximum absolute atomic E-state index is 10.6. The van der Waals surface area contributed by atoms with Crippen molar-refractivity contribution in [2.24, 2.45) is 0 Å². The van der Waals surface area contributed by atoms with Gasteiger partial charge in [-0.2, -0.15) is 0 Å². The van der Waals surface area contributed by atoms with Gasteiger partial charge in [0.2, 0.25) is 0 Å². The third-order valence-corrected chi connectivity index (χ3v) is 5.56. The van der Waals surface area contributed by atoms with Crippen LogP contribution in [0.1, 0.15) is 22.4 Å². The molecule has 0 bridgehead atoms. The van der Waals surface area contributed by atoms with E-state index in [1.54, 1.807) is 7.11 Å². The van der Waals surface area contributed by atoms with Crippen LogP contribution in [0.25, 0.3) is 0 Å². The Bertz CT molecular complexity index is 894. The van der Waals surface area contributed by atoms with Crippen LogP contribution in [-0.4, -0.2) is 49.2 Å². The van der Waals surface area contributed by atoms with Gasteiger partial charge >= 0.3 is 0 Å². The molecule has 2 N–H and O–H groups in total. The molecule has 0 spiro atoms. The van der Waals surface area contributed by atoms with E-state index in [2.05, 4.69) is 54.1 Å². The Hall–Kier alpha value is -2.44. The highest BCUT2D eigenvalue weighted by molar-refractivity contribution is 5.26. The number of rotatable bonds is 13. The molecule has 2 atom stereocenters. The Morgan fingerprint density at radius 1 is 1.00 bits per heavy atom. The summed E-state index contributed by atoms with van der Waals surface area (Å²) in [5, 5.41) is 10.6. The number of nitrogens with zero attached hydrogens (tertiary/aromatic N) is 1. The lowest BCUT2D eigenvalue weighted by Crippen LogP contribution is -3.12. The van der Waals surface area contributed by atoms with Gasteiger partial charge in [0.25, 0.3) is 0 Å². The van der Waals surface area contributed by atoms with Crippen molar-refractivity contribution in [3.63, 3.8) is 0 Å². The first-order valence-electron chi connectivity index (χ1n) is 11.0. The number of aliphatic hydroxyl groups is 1. The van der Waals surface area contributed by atoms with Gasteiger partial charge in [0.15, 0.2) is 0 Å². The van der Waals surface area contributed by atoms with Gasteiger partial charge in [0.05, 0.1) is 25.5 Å². The Kier molecular flexibility index (Phi) is 9.31. The molecule has 1 aromatic heterocycles. The first kappa shape index (κ1) is 23.2. The zero-order valence-corrected chi connectivity index (χ0v) is 18.7. The van der Waals surface area contributed by atoms with E-state index in [9.17, 15) is 5.11 Å². The molecule has 2 aromatic carbocycles. The highest BCUT2D eigenvalue weighted by Gasteiger charge is 2.18. The highest BCUT2D eigenvalue weighted by Crippen LogP contribution is 2.11. The fourth-order valence-electron chi connectivity index (χ4n) is 3.78. The average molecular weight is 424 g/mol. The smallest absolute Gasteiger partial charge is 0.126 e. The van der Waals surface area contributed by atoms with Crippen LogP contribution in [0.2, 0.25) is 0 Å². The van der Waals surface area contributed by atoms with E-state index in [4.69, 9.17) is 9.47 Å². The third-order valence-electron chi connectivity index (χ3n) is 5.56. The largest absolute Gasteiger partial charge is 0.385 e. The minimum Gasteiger partial charge on any atom is -0.385 e. The summed E-state index contributed by atoms with van der Waals surface area (Å²) in [4.78, 5) is 1.28. The second-order valence-electron chi connectivity index (χ2n) is 8.08. The van der Waals surface area contributed by atoms with Gasteiger partial charge in [-0.3, -0.25) is 0 Å². The number of hydrogen-bond donors (Lipinski definition) is 2. The number of aromatic nitrogens is 1. The van der Waals surface area contributed by atoms with Crippen LogP contribution in [0.3, 0.4) is 0 Å². The minimum absolute atomic E-state index is 0.329. The van der Waals surface area contributed by atoms with Crippen molar-refractivity contribution >= 4 is 0 Å². The van der Waals surface area contributed by atoms with Gasteiger partial charge in [-0.1, -0.05) is 54.6 Å². The van der Waals surface area contributed by atoms with E-state index in [1.165, 1.54) is 21.7 Å². The molecule has 0 aliphatic rings. The molecular weight excluding hydrogens is 388 g/mol. The SMILES string of the molecule is COCC[NH+](Cc1cccn1Cc1ccccc1C)C[C@@H](O)COCc1ccccc1. The van der Waals surface area contributed by atoms with Crippen LogP contribution in [0.15, 0.2) is 72.9 Å². The Balaban J connectivity index is 1.56. The molecule has 0 radical (unpaired) electrons. The topological polar surface area (TPSA) is 48.1 Å². The molecule has 5 nitrogen and oxygen atoms in total. The van der Waals surface area contributed by atoms with Crippen LogP contribution in [0.4, 0.5) is 0 Å². The van der Waals surface area contributed by atoms with Crippen molar-refractivity contribution in [1.82, 2.24) is 4.57 Å². The summed E-state index contributed by atoms with van der Waals surface area (Å²) >= 11 is 0. The van der Waals surface area contributed by atoms with Crippen LogP contribution in [0, 0.1) is 6.92 Å². The molecule has 31 heavy (non-hydrogen) atoms. The lowest BCUT2D eigenvalue weighted by Gasteiger charge is -2.23. The van der Waals surface area contributed by atoms with Crippen molar-refractivity contribution < 1.29 is 19.5 Å². The van der Waals surface area contributed by atoms with Gasteiger partial charge in [-0.25, -0.2) is 0 Å². The van der Waals surface area contributed by atoms with E-state index in [0.717, 1.165) is 25.2 Å². The van der Waals surface area contributed by atoms with Gasteiger partial charge < -0.3 is 24.0 Å². The van der Waals surface area contributed by atoms with Gasteiger partial charge in [0, 0.05) is 19.9 Å². The normalized spacial score (nSPS) is 13.3. The summed E-state index contributed by atoms with van der Waals surface area (Å²) in [5.74, 6) is 0. The van der Waals surface area contributed by atoms with Gasteiger partial charge in [-0.15, -0.1) is 0 Å². The fourth-order valence-corrected chi connectivity index (χ4v) is 3.78. The Morgan fingerprint density at radius 3 is 2.55 bits per heavy atom. The van der Waals surface area contributed by atoms with Crippen molar-refractivity contribution in [2.45, 2.75) is 32.7 Å². The first-order chi connectivity index (χ1) is 15.2. The zero-order valence-electron chi connectivity index (χ0n) is 18.7. The fraction of sp³-hybridized carbons (Fsp3) is 0.385.